The van der Waals surface area contributed by atoms with Crippen LogP contribution in [0, 0.1) is 0 Å². The second-order valence-corrected chi connectivity index (χ2v) is 9.05. The molecule has 1 fully saturated rings. The van der Waals surface area contributed by atoms with Crippen LogP contribution >= 0.6 is 11.6 Å². The predicted octanol–water partition coefficient (Wildman–Crippen LogP) is 5.16. The first-order valence-corrected chi connectivity index (χ1v) is 10.6. The Bertz CT molecular complexity index is 952. The van der Waals surface area contributed by atoms with Crippen LogP contribution in [0.15, 0.2) is 47.3 Å². The molecule has 0 aliphatic carbocycles. The topological polar surface area (TPSA) is 53.2 Å². The minimum atomic E-state index is -0.313. The fourth-order valence-electron chi connectivity index (χ4n) is 3.58. The maximum atomic E-state index is 12.4. The van der Waals surface area contributed by atoms with E-state index in [2.05, 4.69) is 50.0 Å². The molecule has 154 valence electrons. The van der Waals surface area contributed by atoms with Gasteiger partial charge in [0.2, 0.25) is 5.91 Å². The Morgan fingerprint density at radius 1 is 1.07 bits per heavy atom. The van der Waals surface area contributed by atoms with E-state index < -0.39 is 0 Å². The second kappa shape index (κ2) is 9.00. The van der Waals surface area contributed by atoms with Gasteiger partial charge in [0.25, 0.3) is 5.56 Å². The third-order valence-electron chi connectivity index (χ3n) is 5.40. The average molecular weight is 413 g/mol. The molecule has 3 rings (SSSR count). The van der Waals surface area contributed by atoms with Crippen LogP contribution in [0.2, 0.25) is 5.02 Å². The summed E-state index contributed by atoms with van der Waals surface area (Å²) in [6.07, 6.45) is 5.74. The van der Waals surface area contributed by atoms with E-state index in [1.807, 2.05) is 17.0 Å². The molecule has 4 nitrogen and oxygen atoms in total. The maximum absolute atomic E-state index is 12.4. The lowest BCUT2D eigenvalue weighted by Crippen LogP contribution is -2.30. The summed E-state index contributed by atoms with van der Waals surface area (Å²) in [5, 5.41) is 0.166. The van der Waals surface area contributed by atoms with E-state index in [1.165, 1.54) is 5.56 Å². The summed E-state index contributed by atoms with van der Waals surface area (Å²) < 4.78 is 0. The molecule has 0 unspecified atom stereocenters. The highest BCUT2D eigenvalue weighted by molar-refractivity contribution is 6.30. The lowest BCUT2D eigenvalue weighted by atomic mass is 9.86. The molecule has 1 aliphatic heterocycles. The zero-order valence-corrected chi connectivity index (χ0v) is 18.2. The van der Waals surface area contributed by atoms with Crippen molar-refractivity contribution in [3.05, 3.63) is 74.7 Å². The average Bonchev–Trinajstić information content (AvgIpc) is 2.88. The van der Waals surface area contributed by atoms with Gasteiger partial charge in [-0.25, -0.2) is 0 Å². The minimum Gasteiger partial charge on any atom is -0.339 e. The van der Waals surface area contributed by atoms with Crippen molar-refractivity contribution < 1.29 is 4.79 Å². The Kier molecular flexibility index (Phi) is 6.63. The molecule has 0 bridgehead atoms. The molecule has 29 heavy (non-hydrogen) atoms. The summed E-state index contributed by atoms with van der Waals surface area (Å²) in [7, 11) is 0. The van der Waals surface area contributed by atoms with E-state index in [0.717, 1.165) is 36.9 Å². The van der Waals surface area contributed by atoms with Crippen molar-refractivity contribution >= 4 is 23.1 Å². The number of likely N-dealkylation sites (tertiary alicyclic amines) is 1. The lowest BCUT2D eigenvalue weighted by Gasteiger charge is -2.21. The summed E-state index contributed by atoms with van der Waals surface area (Å²) in [6.45, 7) is 7.85. The summed E-state index contributed by atoms with van der Waals surface area (Å²) >= 11 is 5.92. The van der Waals surface area contributed by atoms with Gasteiger partial charge >= 0.3 is 0 Å². The molecular weight excluding hydrogens is 384 g/mol. The van der Waals surface area contributed by atoms with Crippen LogP contribution in [0.3, 0.4) is 0 Å². The number of aromatic nitrogens is 1. The maximum Gasteiger partial charge on any atom is 0.267 e. The van der Waals surface area contributed by atoms with E-state index in [4.69, 9.17) is 11.6 Å². The zero-order valence-electron chi connectivity index (χ0n) is 17.4. The van der Waals surface area contributed by atoms with E-state index in [-0.39, 0.29) is 21.9 Å². The number of carbonyl (C=O) groups is 1. The third kappa shape index (κ3) is 5.39. The van der Waals surface area contributed by atoms with E-state index in [1.54, 1.807) is 6.07 Å². The van der Waals surface area contributed by atoms with Gasteiger partial charge in [-0.15, -0.1) is 0 Å². The van der Waals surface area contributed by atoms with Crippen molar-refractivity contribution in [2.45, 2.75) is 51.9 Å². The number of amides is 1. The summed E-state index contributed by atoms with van der Waals surface area (Å²) in [5.74, 6) is 0.200. The molecule has 0 radical (unpaired) electrons. The normalized spacial score (nSPS) is 16.1. The monoisotopic (exact) mass is 412 g/mol. The first-order valence-electron chi connectivity index (χ1n) is 10.2. The van der Waals surface area contributed by atoms with Gasteiger partial charge in [-0.3, -0.25) is 9.59 Å². The van der Waals surface area contributed by atoms with Crippen LogP contribution in [0.25, 0.3) is 5.57 Å². The first kappa shape index (κ1) is 21.4. The largest absolute Gasteiger partial charge is 0.339 e. The van der Waals surface area contributed by atoms with Gasteiger partial charge in [0.1, 0.15) is 5.02 Å². The Labute approximate surface area is 177 Å². The van der Waals surface area contributed by atoms with Gasteiger partial charge in [-0.1, -0.05) is 69.1 Å². The molecule has 1 aliphatic rings. The summed E-state index contributed by atoms with van der Waals surface area (Å²) in [4.78, 5) is 29.2. The second-order valence-electron chi connectivity index (χ2n) is 8.64. The predicted molar refractivity (Wildman–Crippen MR) is 119 cm³/mol. The molecule has 0 saturated carbocycles. The number of hydrogen-bond donors (Lipinski definition) is 1. The molecular formula is C24H29ClN2O2. The molecule has 1 N–H and O–H groups in total. The summed E-state index contributed by atoms with van der Waals surface area (Å²) in [6, 6.07) is 11.8. The Hall–Kier alpha value is -2.33. The molecule has 0 spiro atoms. The van der Waals surface area contributed by atoms with Gasteiger partial charge < -0.3 is 9.88 Å². The molecule has 2 aromatic rings. The Balaban J connectivity index is 1.98. The number of aromatic amines is 1. The highest BCUT2D eigenvalue weighted by Crippen LogP contribution is 2.27. The fraction of sp³-hybridized carbons (Fsp3) is 0.417. The number of rotatable bonds is 4. The molecule has 1 saturated heterocycles. The Morgan fingerprint density at radius 3 is 2.45 bits per heavy atom. The SMILES string of the molecule is CC(C)(C)c1ccc(/C(=C\CN2CCCCCC2=O)c2ccc(Cl)c(=O)[nH]2)cc1. The van der Waals surface area contributed by atoms with Gasteiger partial charge in [-0.05, 0) is 41.5 Å². The molecule has 5 heteroatoms. The van der Waals surface area contributed by atoms with Crippen LogP contribution in [0.4, 0.5) is 0 Å². The minimum absolute atomic E-state index is 0.0649. The smallest absolute Gasteiger partial charge is 0.267 e. The number of H-pyrrole nitrogens is 1. The molecule has 1 aromatic heterocycles. The van der Waals surface area contributed by atoms with Crippen molar-refractivity contribution in [2.75, 3.05) is 13.1 Å². The molecule has 1 amide bonds. The molecule has 0 atom stereocenters. The highest BCUT2D eigenvalue weighted by atomic mass is 35.5. The van der Waals surface area contributed by atoms with Crippen LogP contribution in [0.5, 0.6) is 0 Å². The number of nitrogens with zero attached hydrogens (tertiary/aromatic N) is 1. The van der Waals surface area contributed by atoms with Crippen molar-refractivity contribution in [3.8, 4) is 0 Å². The van der Waals surface area contributed by atoms with E-state index in [0.29, 0.717) is 18.7 Å². The third-order valence-corrected chi connectivity index (χ3v) is 5.70. The van der Waals surface area contributed by atoms with Crippen molar-refractivity contribution in [2.24, 2.45) is 0 Å². The van der Waals surface area contributed by atoms with Gasteiger partial charge in [0.05, 0.1) is 0 Å². The number of halogens is 1. The van der Waals surface area contributed by atoms with Crippen molar-refractivity contribution in [3.63, 3.8) is 0 Å². The van der Waals surface area contributed by atoms with Crippen LogP contribution in [-0.4, -0.2) is 28.9 Å². The number of nitrogens with one attached hydrogen (secondary N) is 1. The van der Waals surface area contributed by atoms with E-state index >= 15 is 0 Å². The number of hydrogen-bond acceptors (Lipinski definition) is 2. The fourth-order valence-corrected chi connectivity index (χ4v) is 3.69. The van der Waals surface area contributed by atoms with Crippen LogP contribution in [-0.2, 0) is 10.2 Å². The quantitative estimate of drug-likeness (QED) is 0.753. The van der Waals surface area contributed by atoms with Crippen LogP contribution < -0.4 is 5.56 Å². The van der Waals surface area contributed by atoms with Gasteiger partial charge in [0, 0.05) is 30.8 Å². The molecule has 2 heterocycles. The van der Waals surface area contributed by atoms with Gasteiger partial charge in [0.15, 0.2) is 0 Å². The zero-order chi connectivity index (χ0) is 21.0. The number of pyridine rings is 1. The Morgan fingerprint density at radius 2 is 1.79 bits per heavy atom. The highest BCUT2D eigenvalue weighted by Gasteiger charge is 2.17. The number of benzene rings is 1. The first-order chi connectivity index (χ1) is 13.8. The van der Waals surface area contributed by atoms with Gasteiger partial charge in [-0.2, -0.15) is 0 Å². The van der Waals surface area contributed by atoms with E-state index in [9.17, 15) is 9.59 Å². The van der Waals surface area contributed by atoms with Crippen molar-refractivity contribution in [1.82, 2.24) is 9.88 Å². The standard InChI is InChI=1S/C24H29ClN2O2/c1-24(2,3)18-10-8-17(9-11-18)19(21-13-12-20(25)23(29)26-21)14-16-27-15-6-4-5-7-22(27)28/h8-14H,4-7,15-16H2,1-3H3,(H,26,29)/b19-14+. The lowest BCUT2D eigenvalue weighted by molar-refractivity contribution is -0.130. The summed E-state index contributed by atoms with van der Waals surface area (Å²) in [5.41, 5.74) is 3.59. The van der Waals surface area contributed by atoms with Crippen LogP contribution in [0.1, 0.15) is 63.3 Å². The van der Waals surface area contributed by atoms with Crippen molar-refractivity contribution in [1.29, 1.82) is 0 Å². The number of carbonyl (C=O) groups excluding carboxylic acids is 1. The molecule has 1 aromatic carbocycles.